The van der Waals surface area contributed by atoms with Gasteiger partial charge in [0.25, 0.3) is 0 Å². The Morgan fingerprint density at radius 1 is 1.31 bits per heavy atom. The third kappa shape index (κ3) is 4.06. The lowest BCUT2D eigenvalue weighted by Crippen LogP contribution is -2.41. The quantitative estimate of drug-likeness (QED) is 0.684. The van der Waals surface area contributed by atoms with Crippen LogP contribution in [0.1, 0.15) is 28.7 Å². The molecule has 1 aromatic heterocycles. The topological polar surface area (TPSA) is 139 Å². The van der Waals surface area contributed by atoms with Crippen molar-refractivity contribution < 1.29 is 32.0 Å². The molecule has 0 aliphatic heterocycles. The van der Waals surface area contributed by atoms with E-state index in [0.717, 1.165) is 18.2 Å². The van der Waals surface area contributed by atoms with Gasteiger partial charge in [-0.3, -0.25) is 4.79 Å². The molecule has 0 saturated carbocycles. The maximum Gasteiger partial charge on any atom is 0.335 e. The zero-order valence-corrected chi connectivity index (χ0v) is 14.8. The first-order valence-electron chi connectivity index (χ1n) is 7.32. The number of nitrogens with one attached hydrogen (secondary N) is 2. The summed E-state index contributed by atoms with van der Waals surface area (Å²) in [6.07, 6.45) is 0. The van der Waals surface area contributed by atoms with Crippen LogP contribution in [0.5, 0.6) is 0 Å². The number of carboxylic acid groups (broad SMARTS) is 1. The number of anilines is 1. The Morgan fingerprint density at radius 2 is 1.96 bits per heavy atom. The number of aromatic carboxylic acids is 1. The number of amides is 1. The Kier molecular flexibility index (Phi) is 5.42. The highest BCUT2D eigenvalue weighted by Crippen LogP contribution is 2.20. The number of hydrogen-bond acceptors (Lipinski definition) is 6. The molecule has 1 atom stereocenters. The van der Waals surface area contributed by atoms with Crippen molar-refractivity contribution in [3.05, 3.63) is 41.0 Å². The molecule has 0 fully saturated rings. The van der Waals surface area contributed by atoms with Gasteiger partial charge in [0.2, 0.25) is 15.9 Å². The monoisotopic (exact) mass is 385 g/mol. The number of halogens is 1. The largest absolute Gasteiger partial charge is 0.478 e. The van der Waals surface area contributed by atoms with Crippen LogP contribution in [0.3, 0.4) is 0 Å². The molecular formula is C15H16FN3O6S. The van der Waals surface area contributed by atoms with Gasteiger partial charge in [0.05, 0.1) is 17.3 Å². The number of rotatable bonds is 6. The Hall–Kier alpha value is -2.79. The van der Waals surface area contributed by atoms with Crippen LogP contribution in [0.15, 0.2) is 27.6 Å². The summed E-state index contributed by atoms with van der Waals surface area (Å²) in [7, 11) is -4.10. The van der Waals surface area contributed by atoms with Crippen LogP contribution in [-0.4, -0.2) is 36.6 Å². The molecule has 1 amide bonds. The molecule has 0 radical (unpaired) electrons. The highest BCUT2D eigenvalue weighted by molar-refractivity contribution is 7.89. The highest BCUT2D eigenvalue weighted by Gasteiger charge is 2.28. The van der Waals surface area contributed by atoms with Crippen LogP contribution < -0.4 is 10.0 Å². The van der Waals surface area contributed by atoms with Gasteiger partial charge in [-0.25, -0.2) is 17.6 Å². The first-order chi connectivity index (χ1) is 12.0. The van der Waals surface area contributed by atoms with Crippen molar-refractivity contribution in [2.75, 3.05) is 5.32 Å². The number of aromatic nitrogens is 1. The Bertz CT molecular complexity index is 950. The molecule has 26 heavy (non-hydrogen) atoms. The van der Waals surface area contributed by atoms with E-state index in [-0.39, 0.29) is 27.6 Å². The van der Waals surface area contributed by atoms with E-state index in [0.29, 0.717) is 0 Å². The Labute approximate surface area is 148 Å². The molecule has 1 unspecified atom stereocenters. The number of carbonyl (C=O) groups is 2. The van der Waals surface area contributed by atoms with Gasteiger partial charge in [-0.05, 0) is 39.0 Å². The van der Waals surface area contributed by atoms with Crippen molar-refractivity contribution >= 4 is 27.6 Å². The SMILES string of the molecule is Cc1noc(C)c1S(=O)(=O)NC(C)C(=O)Nc1cc(C(=O)O)ccc1F. The third-order valence-corrected chi connectivity index (χ3v) is 5.22. The summed E-state index contributed by atoms with van der Waals surface area (Å²) in [4.78, 5) is 22.9. The minimum absolute atomic E-state index is 0.0582. The summed E-state index contributed by atoms with van der Waals surface area (Å²) in [6, 6.07) is 1.58. The highest BCUT2D eigenvalue weighted by atomic mass is 32.2. The van der Waals surface area contributed by atoms with E-state index in [1.165, 1.54) is 20.8 Å². The second kappa shape index (κ2) is 7.22. The van der Waals surface area contributed by atoms with Crippen molar-refractivity contribution in [2.45, 2.75) is 31.7 Å². The number of benzene rings is 1. The van der Waals surface area contributed by atoms with Crippen LogP contribution in [0.25, 0.3) is 0 Å². The van der Waals surface area contributed by atoms with E-state index < -0.39 is 33.8 Å². The second-order valence-electron chi connectivity index (χ2n) is 5.49. The first-order valence-corrected chi connectivity index (χ1v) is 8.80. The average molecular weight is 385 g/mol. The number of nitrogens with zero attached hydrogens (tertiary/aromatic N) is 1. The Morgan fingerprint density at radius 3 is 2.50 bits per heavy atom. The van der Waals surface area contributed by atoms with Crippen LogP contribution in [0.4, 0.5) is 10.1 Å². The molecule has 2 rings (SSSR count). The Balaban J connectivity index is 2.18. The summed E-state index contributed by atoms with van der Waals surface area (Å²) in [5, 5.41) is 14.6. The number of carbonyl (C=O) groups excluding carboxylic acids is 1. The molecule has 1 aromatic carbocycles. The normalized spacial score (nSPS) is 12.6. The van der Waals surface area contributed by atoms with Crippen LogP contribution >= 0.6 is 0 Å². The van der Waals surface area contributed by atoms with Gasteiger partial charge in [0.1, 0.15) is 16.4 Å². The molecule has 2 aromatic rings. The molecule has 0 saturated heterocycles. The maximum atomic E-state index is 13.8. The fourth-order valence-corrected chi connectivity index (χ4v) is 3.73. The standard InChI is InChI=1S/C15H16FN3O6S/c1-7-13(9(3)25-18-7)26(23,24)19-8(2)14(20)17-12-6-10(15(21)22)4-5-11(12)16/h4-6,8,19H,1-3H3,(H,17,20)(H,21,22). The summed E-state index contributed by atoms with van der Waals surface area (Å²) in [5.74, 6) is -2.97. The van der Waals surface area contributed by atoms with Crippen LogP contribution in [-0.2, 0) is 14.8 Å². The molecule has 3 N–H and O–H groups in total. The van der Waals surface area contributed by atoms with E-state index in [2.05, 4.69) is 15.2 Å². The number of aryl methyl sites for hydroxylation is 2. The van der Waals surface area contributed by atoms with E-state index in [1.807, 2.05) is 0 Å². The minimum Gasteiger partial charge on any atom is -0.478 e. The van der Waals surface area contributed by atoms with Gasteiger partial charge in [0.15, 0.2) is 5.76 Å². The lowest BCUT2D eigenvalue weighted by Gasteiger charge is -2.15. The zero-order valence-electron chi connectivity index (χ0n) is 14.0. The van der Waals surface area contributed by atoms with E-state index in [4.69, 9.17) is 9.63 Å². The van der Waals surface area contributed by atoms with Crippen LogP contribution in [0.2, 0.25) is 0 Å². The average Bonchev–Trinajstić information content (AvgIpc) is 2.88. The molecule has 140 valence electrons. The lowest BCUT2D eigenvalue weighted by atomic mass is 10.2. The lowest BCUT2D eigenvalue weighted by molar-refractivity contribution is -0.117. The van der Waals surface area contributed by atoms with Gasteiger partial charge in [-0.2, -0.15) is 4.72 Å². The second-order valence-corrected chi connectivity index (χ2v) is 7.14. The van der Waals surface area contributed by atoms with Gasteiger partial charge in [0, 0.05) is 0 Å². The van der Waals surface area contributed by atoms with E-state index in [1.54, 1.807) is 0 Å². The van der Waals surface area contributed by atoms with Gasteiger partial charge >= 0.3 is 5.97 Å². The van der Waals surface area contributed by atoms with E-state index in [9.17, 15) is 22.4 Å². The fraction of sp³-hybridized carbons (Fsp3) is 0.267. The van der Waals surface area contributed by atoms with Gasteiger partial charge in [-0.15, -0.1) is 0 Å². The maximum absolute atomic E-state index is 13.8. The van der Waals surface area contributed by atoms with Crippen molar-refractivity contribution in [3.8, 4) is 0 Å². The van der Waals surface area contributed by atoms with Crippen molar-refractivity contribution in [2.24, 2.45) is 0 Å². The van der Waals surface area contributed by atoms with Crippen LogP contribution in [0, 0.1) is 19.7 Å². The molecule has 0 bridgehead atoms. The molecule has 11 heteroatoms. The smallest absolute Gasteiger partial charge is 0.335 e. The minimum atomic E-state index is -4.10. The van der Waals surface area contributed by atoms with E-state index >= 15 is 0 Å². The predicted molar refractivity (Wildman–Crippen MR) is 87.7 cm³/mol. The summed E-state index contributed by atoms with van der Waals surface area (Å²) < 4.78 is 45.4. The van der Waals surface area contributed by atoms with Crippen molar-refractivity contribution in [1.29, 1.82) is 0 Å². The number of carboxylic acids is 1. The molecule has 0 aliphatic carbocycles. The number of sulfonamides is 1. The zero-order chi connectivity index (χ0) is 19.6. The summed E-state index contributed by atoms with van der Waals surface area (Å²) in [5.41, 5.74) is -0.480. The molecular weight excluding hydrogens is 369 g/mol. The van der Waals surface area contributed by atoms with Crippen molar-refractivity contribution in [1.82, 2.24) is 9.88 Å². The third-order valence-electron chi connectivity index (χ3n) is 3.43. The first kappa shape index (κ1) is 19.5. The molecule has 0 aliphatic rings. The fourth-order valence-electron chi connectivity index (χ4n) is 2.20. The van der Waals surface area contributed by atoms with Crippen molar-refractivity contribution in [3.63, 3.8) is 0 Å². The number of hydrogen-bond donors (Lipinski definition) is 3. The van der Waals surface area contributed by atoms with Gasteiger partial charge in [-0.1, -0.05) is 5.16 Å². The predicted octanol–water partition coefficient (Wildman–Crippen LogP) is 1.43. The summed E-state index contributed by atoms with van der Waals surface area (Å²) >= 11 is 0. The molecule has 9 nitrogen and oxygen atoms in total. The molecule has 1 heterocycles. The van der Waals surface area contributed by atoms with Gasteiger partial charge < -0.3 is 14.9 Å². The summed E-state index contributed by atoms with van der Waals surface area (Å²) in [6.45, 7) is 4.10. The molecule has 0 spiro atoms.